The number of nitrogens with zero attached hydrogens (tertiary/aromatic N) is 1. The lowest BCUT2D eigenvalue weighted by Crippen LogP contribution is -2.19. The molecule has 0 saturated heterocycles. The number of para-hydroxylation sites is 1. The average Bonchev–Trinajstić information content (AvgIpc) is 2.44. The number of nitrogens with two attached hydrogens (primary N) is 1. The zero-order valence-corrected chi connectivity index (χ0v) is 10.4. The lowest BCUT2D eigenvalue weighted by atomic mass is 10.1. The number of pyridine rings is 1. The third kappa shape index (κ3) is 2.22. The van der Waals surface area contributed by atoms with Gasteiger partial charge in [0, 0.05) is 11.8 Å². The molecule has 0 aliphatic rings. The number of rotatable bonds is 2. The van der Waals surface area contributed by atoms with Crippen LogP contribution in [0.4, 0.5) is 5.69 Å². The quantitative estimate of drug-likeness (QED) is 0.711. The molecular formula is C16H14N2O. The monoisotopic (exact) mass is 250 g/mol. The number of hydrogen-bond donors (Lipinski definition) is 1. The van der Waals surface area contributed by atoms with Gasteiger partial charge < -0.3 is 10.3 Å². The lowest BCUT2D eigenvalue weighted by Gasteiger charge is -2.10. The second-order valence-corrected chi connectivity index (χ2v) is 4.56. The van der Waals surface area contributed by atoms with Crippen LogP contribution in [0.2, 0.25) is 0 Å². The molecule has 0 amide bonds. The van der Waals surface area contributed by atoms with Gasteiger partial charge in [-0.3, -0.25) is 4.79 Å². The molecule has 0 bridgehead atoms. The van der Waals surface area contributed by atoms with Gasteiger partial charge in [-0.05, 0) is 35.2 Å². The summed E-state index contributed by atoms with van der Waals surface area (Å²) in [6.45, 7) is 0.556. The molecule has 0 radical (unpaired) electrons. The molecule has 1 heterocycles. The standard InChI is InChI=1S/C16H14N2O/c17-14-8-5-12(6-9-14)11-18-15-4-2-1-3-13(15)7-10-16(18)19/h1-10H,11,17H2. The van der Waals surface area contributed by atoms with E-state index in [1.54, 1.807) is 10.6 Å². The van der Waals surface area contributed by atoms with E-state index < -0.39 is 0 Å². The third-order valence-electron chi connectivity index (χ3n) is 3.22. The minimum atomic E-state index is 0.00975. The van der Waals surface area contributed by atoms with Gasteiger partial charge in [0.15, 0.2) is 0 Å². The van der Waals surface area contributed by atoms with Crippen LogP contribution in [0.15, 0.2) is 65.5 Å². The maximum atomic E-state index is 12.0. The molecule has 0 saturated carbocycles. The van der Waals surface area contributed by atoms with E-state index >= 15 is 0 Å². The van der Waals surface area contributed by atoms with E-state index in [-0.39, 0.29) is 5.56 Å². The highest BCUT2D eigenvalue weighted by Crippen LogP contribution is 2.13. The van der Waals surface area contributed by atoms with Crippen molar-refractivity contribution in [1.29, 1.82) is 0 Å². The predicted molar refractivity (Wildman–Crippen MR) is 78.2 cm³/mol. The minimum Gasteiger partial charge on any atom is -0.399 e. The molecular weight excluding hydrogens is 236 g/mol. The van der Waals surface area contributed by atoms with Gasteiger partial charge in [0.05, 0.1) is 12.1 Å². The van der Waals surface area contributed by atoms with Gasteiger partial charge in [-0.2, -0.15) is 0 Å². The van der Waals surface area contributed by atoms with Gasteiger partial charge in [-0.15, -0.1) is 0 Å². The topological polar surface area (TPSA) is 48.0 Å². The highest BCUT2D eigenvalue weighted by atomic mass is 16.1. The van der Waals surface area contributed by atoms with Crippen LogP contribution >= 0.6 is 0 Å². The van der Waals surface area contributed by atoms with Gasteiger partial charge >= 0.3 is 0 Å². The summed E-state index contributed by atoms with van der Waals surface area (Å²) < 4.78 is 1.78. The Morgan fingerprint density at radius 3 is 2.42 bits per heavy atom. The van der Waals surface area contributed by atoms with Crippen molar-refractivity contribution < 1.29 is 0 Å². The SMILES string of the molecule is Nc1ccc(Cn2c(=O)ccc3ccccc32)cc1. The average molecular weight is 250 g/mol. The minimum absolute atomic E-state index is 0.00975. The summed E-state index contributed by atoms with van der Waals surface area (Å²) in [6, 6.07) is 19.0. The molecule has 3 heteroatoms. The number of benzene rings is 2. The summed E-state index contributed by atoms with van der Waals surface area (Å²) in [4.78, 5) is 12.0. The maximum Gasteiger partial charge on any atom is 0.251 e. The number of nitrogen functional groups attached to an aromatic ring is 1. The van der Waals surface area contributed by atoms with E-state index in [1.165, 1.54) is 0 Å². The van der Waals surface area contributed by atoms with E-state index in [1.807, 2.05) is 54.6 Å². The molecule has 94 valence electrons. The number of anilines is 1. The molecule has 2 N–H and O–H groups in total. The van der Waals surface area contributed by atoms with E-state index in [9.17, 15) is 4.79 Å². The van der Waals surface area contributed by atoms with Crippen molar-refractivity contribution in [2.45, 2.75) is 6.54 Å². The summed E-state index contributed by atoms with van der Waals surface area (Å²) in [5, 5.41) is 1.07. The molecule has 0 aliphatic carbocycles. The van der Waals surface area contributed by atoms with Crippen molar-refractivity contribution in [2.75, 3.05) is 5.73 Å². The highest BCUT2D eigenvalue weighted by Gasteiger charge is 2.03. The van der Waals surface area contributed by atoms with Crippen molar-refractivity contribution in [3.8, 4) is 0 Å². The van der Waals surface area contributed by atoms with Crippen molar-refractivity contribution in [2.24, 2.45) is 0 Å². The first-order chi connectivity index (χ1) is 9.24. The Morgan fingerprint density at radius 2 is 1.63 bits per heavy atom. The number of hydrogen-bond acceptors (Lipinski definition) is 2. The molecule has 0 unspecified atom stereocenters. The van der Waals surface area contributed by atoms with E-state index in [0.717, 1.165) is 22.2 Å². The predicted octanol–water partition coefficient (Wildman–Crippen LogP) is 2.63. The van der Waals surface area contributed by atoms with Gasteiger partial charge in [-0.1, -0.05) is 30.3 Å². The molecule has 1 aromatic heterocycles. The Morgan fingerprint density at radius 1 is 0.895 bits per heavy atom. The van der Waals surface area contributed by atoms with E-state index in [2.05, 4.69) is 0 Å². The molecule has 0 fully saturated rings. The molecule has 0 spiro atoms. The molecule has 0 aliphatic heterocycles. The van der Waals surface area contributed by atoms with Crippen molar-refractivity contribution >= 4 is 16.6 Å². The molecule has 3 rings (SSSR count). The van der Waals surface area contributed by atoms with Crippen LogP contribution in [0.25, 0.3) is 10.9 Å². The Bertz CT molecular complexity index is 773. The first-order valence-electron chi connectivity index (χ1n) is 6.17. The zero-order chi connectivity index (χ0) is 13.2. The Labute approximate surface area is 110 Å². The van der Waals surface area contributed by atoms with Gasteiger partial charge in [0.2, 0.25) is 0 Å². The van der Waals surface area contributed by atoms with Crippen LogP contribution in [-0.4, -0.2) is 4.57 Å². The number of fused-ring (bicyclic) bond motifs is 1. The Balaban J connectivity index is 2.12. The fraction of sp³-hybridized carbons (Fsp3) is 0.0625. The maximum absolute atomic E-state index is 12.0. The second kappa shape index (κ2) is 4.61. The molecule has 19 heavy (non-hydrogen) atoms. The Kier molecular flexibility index (Phi) is 2.80. The second-order valence-electron chi connectivity index (χ2n) is 4.56. The Hall–Kier alpha value is -2.55. The van der Waals surface area contributed by atoms with Gasteiger partial charge in [-0.25, -0.2) is 0 Å². The van der Waals surface area contributed by atoms with Crippen LogP contribution in [0.1, 0.15) is 5.56 Å². The first kappa shape index (κ1) is 11.5. The van der Waals surface area contributed by atoms with Crippen LogP contribution in [0.5, 0.6) is 0 Å². The third-order valence-corrected chi connectivity index (χ3v) is 3.22. The van der Waals surface area contributed by atoms with Crippen molar-refractivity contribution in [3.63, 3.8) is 0 Å². The molecule has 0 atom stereocenters. The summed E-state index contributed by atoms with van der Waals surface area (Å²) in [5.74, 6) is 0. The van der Waals surface area contributed by atoms with E-state index in [4.69, 9.17) is 5.73 Å². The fourth-order valence-corrected chi connectivity index (χ4v) is 2.21. The number of aromatic nitrogens is 1. The summed E-state index contributed by atoms with van der Waals surface area (Å²) in [7, 11) is 0. The van der Waals surface area contributed by atoms with Crippen LogP contribution in [0.3, 0.4) is 0 Å². The lowest BCUT2D eigenvalue weighted by molar-refractivity contribution is 0.795. The zero-order valence-electron chi connectivity index (χ0n) is 10.4. The van der Waals surface area contributed by atoms with E-state index in [0.29, 0.717) is 6.54 Å². The van der Waals surface area contributed by atoms with Crippen LogP contribution in [0, 0.1) is 0 Å². The van der Waals surface area contributed by atoms with Crippen molar-refractivity contribution in [3.05, 3.63) is 76.6 Å². The summed E-state index contributed by atoms with van der Waals surface area (Å²) >= 11 is 0. The fourth-order valence-electron chi connectivity index (χ4n) is 2.21. The summed E-state index contributed by atoms with van der Waals surface area (Å²) in [6.07, 6.45) is 0. The van der Waals surface area contributed by atoms with Crippen LogP contribution < -0.4 is 11.3 Å². The largest absolute Gasteiger partial charge is 0.399 e. The molecule has 2 aromatic carbocycles. The highest BCUT2D eigenvalue weighted by molar-refractivity contribution is 5.78. The van der Waals surface area contributed by atoms with Gasteiger partial charge in [0.25, 0.3) is 5.56 Å². The van der Waals surface area contributed by atoms with Crippen molar-refractivity contribution in [1.82, 2.24) is 4.57 Å². The summed E-state index contributed by atoms with van der Waals surface area (Å²) in [5.41, 5.74) is 8.43. The molecule has 3 aromatic rings. The van der Waals surface area contributed by atoms with Gasteiger partial charge in [0.1, 0.15) is 0 Å². The first-order valence-corrected chi connectivity index (χ1v) is 6.17. The molecule has 3 nitrogen and oxygen atoms in total. The smallest absolute Gasteiger partial charge is 0.251 e. The normalized spacial score (nSPS) is 10.7. The van der Waals surface area contributed by atoms with Crippen LogP contribution in [-0.2, 0) is 6.54 Å².